The van der Waals surface area contributed by atoms with Gasteiger partial charge in [0.2, 0.25) is 0 Å². The van der Waals surface area contributed by atoms with Crippen LogP contribution in [-0.4, -0.2) is 30.4 Å². The third-order valence-electron chi connectivity index (χ3n) is 2.91. The first-order valence-electron chi connectivity index (χ1n) is 6.07. The van der Waals surface area contributed by atoms with Gasteiger partial charge in [-0.25, -0.2) is 0 Å². The van der Waals surface area contributed by atoms with Crippen LogP contribution in [0.3, 0.4) is 0 Å². The van der Waals surface area contributed by atoms with Gasteiger partial charge in [-0.3, -0.25) is 0 Å². The van der Waals surface area contributed by atoms with Gasteiger partial charge in [0.15, 0.2) is 0 Å². The molecule has 0 bridgehead atoms. The van der Waals surface area contributed by atoms with Crippen molar-refractivity contribution >= 4 is 5.84 Å². The Hall–Kier alpha value is -1.75. The number of rotatable bonds is 4. The summed E-state index contributed by atoms with van der Waals surface area (Å²) >= 11 is 0. The summed E-state index contributed by atoms with van der Waals surface area (Å²) < 4.78 is 11.1. The molecule has 0 aliphatic carbocycles. The van der Waals surface area contributed by atoms with Crippen molar-refractivity contribution in [2.75, 3.05) is 13.2 Å². The number of ether oxygens (including phenoxy) is 2. The van der Waals surface area contributed by atoms with E-state index in [-0.39, 0.29) is 11.9 Å². The maximum absolute atomic E-state index is 8.49. The molecule has 0 amide bonds. The third kappa shape index (κ3) is 3.63. The van der Waals surface area contributed by atoms with Gasteiger partial charge in [0.1, 0.15) is 17.7 Å². The van der Waals surface area contributed by atoms with Gasteiger partial charge in [0, 0.05) is 19.3 Å². The molecule has 5 nitrogen and oxygen atoms in total. The first-order chi connectivity index (χ1) is 8.78. The van der Waals surface area contributed by atoms with Crippen LogP contribution in [0.5, 0.6) is 5.75 Å². The molecule has 3 N–H and O–H groups in total. The van der Waals surface area contributed by atoms with Crippen LogP contribution in [0, 0.1) is 0 Å². The molecule has 0 spiro atoms. The highest BCUT2D eigenvalue weighted by Crippen LogP contribution is 2.18. The fourth-order valence-electron chi connectivity index (χ4n) is 1.92. The monoisotopic (exact) mass is 250 g/mol. The highest BCUT2D eigenvalue weighted by Gasteiger charge is 2.14. The molecule has 1 fully saturated rings. The van der Waals surface area contributed by atoms with Gasteiger partial charge >= 0.3 is 0 Å². The third-order valence-corrected chi connectivity index (χ3v) is 2.91. The second kappa shape index (κ2) is 6.26. The second-order valence-electron chi connectivity index (χ2n) is 4.34. The molecule has 0 radical (unpaired) electrons. The van der Waals surface area contributed by atoms with Gasteiger partial charge in [0.05, 0.1) is 13.2 Å². The van der Waals surface area contributed by atoms with E-state index in [0.29, 0.717) is 6.42 Å². The number of amidine groups is 1. The van der Waals surface area contributed by atoms with Crippen molar-refractivity contribution in [1.82, 2.24) is 0 Å². The number of nitrogens with two attached hydrogens (primary N) is 1. The van der Waals surface area contributed by atoms with E-state index < -0.39 is 0 Å². The van der Waals surface area contributed by atoms with Crippen LogP contribution in [0.15, 0.2) is 29.4 Å². The Balaban J connectivity index is 1.90. The summed E-state index contributed by atoms with van der Waals surface area (Å²) in [5, 5.41) is 11.4. The minimum Gasteiger partial charge on any atom is -0.490 e. The van der Waals surface area contributed by atoms with E-state index >= 15 is 0 Å². The Morgan fingerprint density at radius 1 is 1.33 bits per heavy atom. The van der Waals surface area contributed by atoms with Gasteiger partial charge in [-0.15, -0.1) is 0 Å². The predicted molar refractivity (Wildman–Crippen MR) is 68.0 cm³/mol. The van der Waals surface area contributed by atoms with Gasteiger partial charge in [-0.2, -0.15) is 0 Å². The molecule has 1 aromatic carbocycles. The number of nitrogens with zero attached hydrogens (tertiary/aromatic N) is 1. The summed E-state index contributed by atoms with van der Waals surface area (Å²) in [6.07, 6.45) is 2.56. The molecule has 1 aliphatic rings. The molecule has 0 saturated carbocycles. The molecule has 1 aromatic rings. The van der Waals surface area contributed by atoms with Crippen molar-refractivity contribution in [3.8, 4) is 5.75 Å². The molecule has 0 atom stereocenters. The van der Waals surface area contributed by atoms with Gasteiger partial charge in [-0.05, 0) is 17.7 Å². The predicted octanol–water partition coefficient (Wildman–Crippen LogP) is 1.53. The molecule has 1 heterocycles. The van der Waals surface area contributed by atoms with Crippen LogP contribution in [-0.2, 0) is 11.2 Å². The van der Waals surface area contributed by atoms with E-state index in [1.165, 1.54) is 0 Å². The molecule has 0 aromatic heterocycles. The van der Waals surface area contributed by atoms with E-state index in [4.69, 9.17) is 20.4 Å². The lowest BCUT2D eigenvalue weighted by atomic mass is 10.1. The van der Waals surface area contributed by atoms with Gasteiger partial charge in [-0.1, -0.05) is 17.3 Å². The van der Waals surface area contributed by atoms with Crippen molar-refractivity contribution in [3.05, 3.63) is 29.8 Å². The van der Waals surface area contributed by atoms with Gasteiger partial charge < -0.3 is 20.4 Å². The Morgan fingerprint density at radius 2 is 2.00 bits per heavy atom. The van der Waals surface area contributed by atoms with Crippen LogP contribution in [0.4, 0.5) is 0 Å². The first-order valence-corrected chi connectivity index (χ1v) is 6.07. The summed E-state index contributed by atoms with van der Waals surface area (Å²) in [6.45, 7) is 1.54. The van der Waals surface area contributed by atoms with E-state index in [2.05, 4.69) is 5.16 Å². The quantitative estimate of drug-likeness (QED) is 0.368. The Kier molecular flexibility index (Phi) is 4.41. The molecule has 1 saturated heterocycles. The summed E-state index contributed by atoms with van der Waals surface area (Å²) in [7, 11) is 0. The van der Waals surface area contributed by atoms with Crippen LogP contribution < -0.4 is 10.5 Å². The Labute approximate surface area is 106 Å². The zero-order chi connectivity index (χ0) is 12.8. The fourth-order valence-corrected chi connectivity index (χ4v) is 1.92. The molecule has 0 unspecified atom stereocenters. The molecule has 98 valence electrons. The van der Waals surface area contributed by atoms with E-state index in [1.54, 1.807) is 0 Å². The van der Waals surface area contributed by atoms with Gasteiger partial charge in [0.25, 0.3) is 0 Å². The summed E-state index contributed by atoms with van der Waals surface area (Å²) in [4.78, 5) is 0. The molecule has 1 aliphatic heterocycles. The second-order valence-corrected chi connectivity index (χ2v) is 4.34. The number of hydrogen-bond donors (Lipinski definition) is 2. The minimum atomic E-state index is 0.202. The number of hydrogen-bond acceptors (Lipinski definition) is 4. The highest BCUT2D eigenvalue weighted by molar-refractivity contribution is 5.82. The molecular formula is C13H18N2O3. The fraction of sp³-hybridized carbons (Fsp3) is 0.462. The summed E-state index contributed by atoms with van der Waals surface area (Å²) in [6, 6.07) is 7.67. The van der Waals surface area contributed by atoms with Crippen molar-refractivity contribution in [1.29, 1.82) is 0 Å². The van der Waals surface area contributed by atoms with Crippen LogP contribution >= 0.6 is 0 Å². The molecule has 2 rings (SSSR count). The minimum absolute atomic E-state index is 0.202. The van der Waals surface area contributed by atoms with Crippen molar-refractivity contribution in [3.63, 3.8) is 0 Å². The summed E-state index contributed by atoms with van der Waals surface area (Å²) in [5.74, 6) is 1.05. The van der Waals surface area contributed by atoms with E-state index in [0.717, 1.165) is 37.4 Å². The van der Waals surface area contributed by atoms with Crippen molar-refractivity contribution < 1.29 is 14.7 Å². The van der Waals surface area contributed by atoms with E-state index in [1.807, 2.05) is 24.3 Å². The number of oxime groups is 1. The molecular weight excluding hydrogens is 232 g/mol. The lowest BCUT2D eigenvalue weighted by molar-refractivity contribution is 0.0255. The zero-order valence-corrected chi connectivity index (χ0v) is 10.2. The van der Waals surface area contributed by atoms with E-state index in [9.17, 15) is 0 Å². The Bertz CT molecular complexity index is 397. The highest BCUT2D eigenvalue weighted by atomic mass is 16.5. The lowest BCUT2D eigenvalue weighted by Crippen LogP contribution is -2.25. The first kappa shape index (κ1) is 12.7. The lowest BCUT2D eigenvalue weighted by Gasteiger charge is -2.23. The van der Waals surface area contributed by atoms with Crippen LogP contribution in [0.2, 0.25) is 0 Å². The number of benzene rings is 1. The molecule has 18 heavy (non-hydrogen) atoms. The smallest absolute Gasteiger partial charge is 0.143 e. The maximum atomic E-state index is 8.49. The largest absolute Gasteiger partial charge is 0.490 e. The zero-order valence-electron chi connectivity index (χ0n) is 10.2. The maximum Gasteiger partial charge on any atom is 0.143 e. The average Bonchev–Trinajstić information content (AvgIpc) is 2.42. The normalized spacial score (nSPS) is 17.7. The average molecular weight is 250 g/mol. The van der Waals surface area contributed by atoms with Crippen molar-refractivity contribution in [2.45, 2.75) is 25.4 Å². The van der Waals surface area contributed by atoms with Crippen molar-refractivity contribution in [2.24, 2.45) is 10.9 Å². The summed E-state index contributed by atoms with van der Waals surface area (Å²) in [5.41, 5.74) is 6.44. The van der Waals surface area contributed by atoms with Crippen LogP contribution in [0.25, 0.3) is 0 Å². The topological polar surface area (TPSA) is 77.1 Å². The standard InChI is InChI=1S/C13H18N2O3/c14-13(15-16)9-10-1-3-11(4-2-10)18-12-5-7-17-8-6-12/h1-4,12,16H,5-9H2,(H2,14,15). The SMILES string of the molecule is NC(Cc1ccc(OC2CCOCC2)cc1)=NO. The van der Waals surface area contributed by atoms with Crippen LogP contribution in [0.1, 0.15) is 18.4 Å². The molecule has 5 heteroatoms. The Morgan fingerprint density at radius 3 is 2.61 bits per heavy atom.